The molecule has 1 saturated heterocycles. The molecule has 146 valence electrons. The minimum atomic E-state index is -3.83. The number of aromatic nitrogens is 1. The third-order valence-electron chi connectivity index (χ3n) is 4.90. The van der Waals surface area contributed by atoms with Crippen LogP contribution in [0.2, 0.25) is 0 Å². The molecule has 0 saturated carbocycles. The first-order chi connectivity index (χ1) is 13.3. The Balaban J connectivity index is 1.68. The number of thiazole rings is 1. The van der Waals surface area contributed by atoms with Crippen LogP contribution in [0.3, 0.4) is 0 Å². The lowest BCUT2D eigenvalue weighted by Crippen LogP contribution is -2.24. The van der Waals surface area contributed by atoms with Gasteiger partial charge < -0.3 is 9.47 Å². The maximum atomic E-state index is 12.8. The van der Waals surface area contributed by atoms with Crippen molar-refractivity contribution in [3.63, 3.8) is 0 Å². The Morgan fingerprint density at radius 2 is 1.89 bits per heavy atom. The van der Waals surface area contributed by atoms with Crippen LogP contribution >= 0.6 is 11.3 Å². The summed E-state index contributed by atoms with van der Waals surface area (Å²) >= 11 is 1.01. The second-order valence-corrected chi connectivity index (χ2v) is 9.49. The van der Waals surface area contributed by atoms with Crippen LogP contribution in [0.25, 0.3) is 10.2 Å². The van der Waals surface area contributed by atoms with Crippen molar-refractivity contribution >= 4 is 48.9 Å². The van der Waals surface area contributed by atoms with E-state index in [0.29, 0.717) is 28.9 Å². The van der Waals surface area contributed by atoms with E-state index in [2.05, 4.69) is 4.72 Å². The number of anilines is 2. The zero-order valence-corrected chi connectivity index (χ0v) is 17.1. The van der Waals surface area contributed by atoms with Gasteiger partial charge in [-0.2, -0.15) is 0 Å². The van der Waals surface area contributed by atoms with Crippen LogP contribution in [0.1, 0.15) is 18.4 Å². The molecule has 1 N–H and O–H groups in total. The second kappa shape index (κ2) is 6.75. The van der Waals surface area contributed by atoms with E-state index in [-0.39, 0.29) is 15.7 Å². The highest BCUT2D eigenvalue weighted by atomic mass is 32.2. The molecular formula is C19H19N3O4S2. The number of hydrogen-bond acceptors (Lipinski definition) is 5. The van der Waals surface area contributed by atoms with Crippen LogP contribution in [0.4, 0.5) is 11.4 Å². The first kappa shape index (κ1) is 18.7. The zero-order chi connectivity index (χ0) is 20.1. The molecule has 0 spiro atoms. The number of amides is 1. The van der Waals surface area contributed by atoms with Crippen molar-refractivity contribution < 1.29 is 13.2 Å². The highest BCUT2D eigenvalue weighted by Crippen LogP contribution is 2.29. The molecule has 3 aromatic rings. The number of carbonyl (C=O) groups is 1. The minimum absolute atomic E-state index is 0.0486. The van der Waals surface area contributed by atoms with E-state index in [9.17, 15) is 18.0 Å². The van der Waals surface area contributed by atoms with Crippen LogP contribution in [-0.2, 0) is 21.9 Å². The molecule has 1 amide bonds. The van der Waals surface area contributed by atoms with Crippen LogP contribution < -0.4 is 14.5 Å². The quantitative estimate of drug-likeness (QED) is 0.707. The number of hydrogen-bond donors (Lipinski definition) is 1. The third kappa shape index (κ3) is 3.20. The smallest absolute Gasteiger partial charge is 0.307 e. The molecule has 7 nitrogen and oxygen atoms in total. The predicted molar refractivity (Wildman–Crippen MR) is 111 cm³/mol. The summed E-state index contributed by atoms with van der Waals surface area (Å²) in [6.07, 6.45) is 1.31. The lowest BCUT2D eigenvalue weighted by Gasteiger charge is -2.19. The van der Waals surface area contributed by atoms with Crippen molar-refractivity contribution in [1.82, 2.24) is 4.57 Å². The molecule has 0 bridgehead atoms. The van der Waals surface area contributed by atoms with Gasteiger partial charge in [-0.1, -0.05) is 17.4 Å². The van der Waals surface area contributed by atoms with Crippen molar-refractivity contribution in [3.05, 3.63) is 51.6 Å². The summed E-state index contributed by atoms with van der Waals surface area (Å²) in [5.41, 5.74) is 2.72. The van der Waals surface area contributed by atoms with Crippen molar-refractivity contribution in [2.24, 2.45) is 7.05 Å². The van der Waals surface area contributed by atoms with Gasteiger partial charge in [0.1, 0.15) is 0 Å². The van der Waals surface area contributed by atoms with E-state index in [1.807, 2.05) is 6.92 Å². The number of rotatable bonds is 4. The third-order valence-corrected chi connectivity index (χ3v) is 7.27. The lowest BCUT2D eigenvalue weighted by molar-refractivity contribution is -0.117. The first-order valence-electron chi connectivity index (χ1n) is 8.80. The fraction of sp³-hybridized carbons (Fsp3) is 0.263. The Labute approximate surface area is 166 Å². The van der Waals surface area contributed by atoms with Gasteiger partial charge >= 0.3 is 4.87 Å². The normalized spacial score (nSPS) is 14.8. The number of nitrogens with one attached hydrogen (secondary N) is 1. The monoisotopic (exact) mass is 417 g/mol. The summed E-state index contributed by atoms with van der Waals surface area (Å²) < 4.78 is 30.4. The molecule has 1 aliphatic heterocycles. The summed E-state index contributed by atoms with van der Waals surface area (Å²) in [5, 5.41) is 0. The van der Waals surface area contributed by atoms with E-state index < -0.39 is 10.0 Å². The van der Waals surface area contributed by atoms with Gasteiger partial charge in [0.05, 0.1) is 20.8 Å². The number of carbonyl (C=O) groups excluding carboxylic acids is 1. The molecule has 1 aromatic heterocycles. The Morgan fingerprint density at radius 3 is 2.61 bits per heavy atom. The summed E-state index contributed by atoms with van der Waals surface area (Å²) in [6.45, 7) is 2.53. The predicted octanol–water partition coefficient (Wildman–Crippen LogP) is 2.84. The van der Waals surface area contributed by atoms with E-state index in [1.54, 1.807) is 36.2 Å². The fourth-order valence-electron chi connectivity index (χ4n) is 3.36. The average molecular weight is 418 g/mol. The van der Waals surface area contributed by atoms with Gasteiger partial charge in [0.2, 0.25) is 5.91 Å². The van der Waals surface area contributed by atoms with E-state index in [4.69, 9.17) is 0 Å². The maximum absolute atomic E-state index is 12.8. The SMILES string of the molecule is Cc1ccc(NS(=O)(=O)c2ccc3c(c2)sc(=O)n3C)cc1N1CCCC1=O. The molecule has 1 fully saturated rings. The average Bonchev–Trinajstić information content (AvgIpc) is 3.19. The molecule has 2 aromatic carbocycles. The van der Waals surface area contributed by atoms with Crippen LogP contribution in [0.15, 0.2) is 46.1 Å². The maximum Gasteiger partial charge on any atom is 0.307 e. The van der Waals surface area contributed by atoms with Crippen LogP contribution in [0, 0.1) is 6.92 Å². The largest absolute Gasteiger partial charge is 0.312 e. The Morgan fingerprint density at radius 1 is 1.11 bits per heavy atom. The van der Waals surface area contributed by atoms with Gasteiger partial charge in [-0.15, -0.1) is 0 Å². The van der Waals surface area contributed by atoms with Crippen molar-refractivity contribution in [2.75, 3.05) is 16.2 Å². The molecule has 1 aliphatic rings. The Bertz CT molecular complexity index is 1260. The summed E-state index contributed by atoms with van der Waals surface area (Å²) in [5.74, 6) is 0.0486. The highest BCUT2D eigenvalue weighted by Gasteiger charge is 2.24. The fourth-order valence-corrected chi connectivity index (χ4v) is 5.43. The molecule has 2 heterocycles. The van der Waals surface area contributed by atoms with Crippen LogP contribution in [0.5, 0.6) is 0 Å². The van der Waals surface area contributed by atoms with E-state index in [0.717, 1.165) is 29.0 Å². The first-order valence-corrected chi connectivity index (χ1v) is 11.1. The van der Waals surface area contributed by atoms with Gasteiger partial charge in [-0.05, 0) is 49.2 Å². The molecule has 0 atom stereocenters. The van der Waals surface area contributed by atoms with Gasteiger partial charge in [-0.25, -0.2) is 8.42 Å². The molecule has 9 heteroatoms. The molecule has 0 radical (unpaired) electrons. The number of sulfonamides is 1. The Kier molecular flexibility index (Phi) is 4.51. The molecule has 0 aliphatic carbocycles. The number of benzene rings is 2. The van der Waals surface area contributed by atoms with Gasteiger partial charge in [0.15, 0.2) is 0 Å². The van der Waals surface area contributed by atoms with Crippen molar-refractivity contribution in [2.45, 2.75) is 24.7 Å². The van der Waals surface area contributed by atoms with Gasteiger partial charge in [-0.3, -0.25) is 14.3 Å². The standard InChI is InChI=1S/C19H19N3O4S2/c1-12-5-6-13(10-16(12)22-9-3-4-18(22)23)20-28(25,26)14-7-8-15-17(11-14)27-19(24)21(15)2/h5-8,10-11,20H,3-4,9H2,1-2H3. The Hall–Kier alpha value is -2.65. The number of nitrogens with zero attached hydrogens (tertiary/aromatic N) is 2. The second-order valence-electron chi connectivity index (χ2n) is 6.81. The molecular weight excluding hydrogens is 398 g/mol. The lowest BCUT2D eigenvalue weighted by atomic mass is 10.1. The molecule has 28 heavy (non-hydrogen) atoms. The van der Waals surface area contributed by atoms with Crippen molar-refractivity contribution in [3.8, 4) is 0 Å². The van der Waals surface area contributed by atoms with Gasteiger partial charge in [0, 0.05) is 25.7 Å². The zero-order valence-electron chi connectivity index (χ0n) is 15.4. The number of fused-ring (bicyclic) bond motifs is 1. The number of aryl methyl sites for hydroxylation is 2. The summed E-state index contributed by atoms with van der Waals surface area (Å²) in [6, 6.07) is 9.78. The molecule has 4 rings (SSSR count). The van der Waals surface area contributed by atoms with E-state index >= 15 is 0 Å². The van der Waals surface area contributed by atoms with E-state index in [1.165, 1.54) is 16.7 Å². The summed E-state index contributed by atoms with van der Waals surface area (Å²) in [7, 11) is -2.18. The molecule has 0 unspecified atom stereocenters. The van der Waals surface area contributed by atoms with Gasteiger partial charge in [0.25, 0.3) is 10.0 Å². The summed E-state index contributed by atoms with van der Waals surface area (Å²) in [4.78, 5) is 25.5. The van der Waals surface area contributed by atoms with Crippen LogP contribution in [-0.4, -0.2) is 25.4 Å². The highest BCUT2D eigenvalue weighted by molar-refractivity contribution is 7.92. The minimum Gasteiger partial charge on any atom is -0.312 e. The topological polar surface area (TPSA) is 88.5 Å². The van der Waals surface area contributed by atoms with Crippen molar-refractivity contribution in [1.29, 1.82) is 0 Å².